The maximum atomic E-state index is 6.14. The quantitative estimate of drug-likeness (QED) is 0.853. The van der Waals surface area contributed by atoms with Gasteiger partial charge in [0, 0.05) is 12.6 Å². The van der Waals surface area contributed by atoms with Crippen molar-refractivity contribution in [2.45, 2.75) is 38.8 Å². The van der Waals surface area contributed by atoms with Crippen LogP contribution in [0, 0.1) is 0 Å². The highest BCUT2D eigenvalue weighted by Gasteiger charge is 2.19. The van der Waals surface area contributed by atoms with Gasteiger partial charge in [0.15, 0.2) is 0 Å². The number of benzene rings is 1. The van der Waals surface area contributed by atoms with Crippen LogP contribution in [0.2, 0.25) is 5.02 Å². The van der Waals surface area contributed by atoms with Crippen LogP contribution in [-0.2, 0) is 6.54 Å². The number of hydrogen-bond acceptors (Lipinski definition) is 2. The number of nitrogens with one attached hydrogen (secondary N) is 1. The molecule has 1 aliphatic rings. The standard InChI is InChI=1S/C13H18ClNO.ClH/c1-2-7-16-13-6-3-10(8-12(13)14)9-15-11-4-5-11;/h3,6,8,11,15H,2,4-5,7,9H2,1H3;1H. The molecule has 96 valence electrons. The minimum atomic E-state index is 0. The lowest BCUT2D eigenvalue weighted by Gasteiger charge is -2.09. The van der Waals surface area contributed by atoms with Crippen LogP contribution >= 0.6 is 24.0 Å². The number of halogens is 2. The van der Waals surface area contributed by atoms with Crippen LogP contribution in [0.4, 0.5) is 0 Å². The highest BCUT2D eigenvalue weighted by atomic mass is 35.5. The van der Waals surface area contributed by atoms with Gasteiger partial charge in [-0.15, -0.1) is 12.4 Å². The molecule has 1 N–H and O–H groups in total. The van der Waals surface area contributed by atoms with Gasteiger partial charge in [-0.2, -0.15) is 0 Å². The van der Waals surface area contributed by atoms with Crippen molar-refractivity contribution >= 4 is 24.0 Å². The summed E-state index contributed by atoms with van der Waals surface area (Å²) in [5, 5.41) is 4.17. The summed E-state index contributed by atoms with van der Waals surface area (Å²) < 4.78 is 5.53. The molecule has 0 heterocycles. The molecule has 0 unspecified atom stereocenters. The Labute approximate surface area is 114 Å². The van der Waals surface area contributed by atoms with Gasteiger partial charge in [-0.1, -0.05) is 24.6 Å². The van der Waals surface area contributed by atoms with Gasteiger partial charge in [-0.25, -0.2) is 0 Å². The Morgan fingerprint density at radius 2 is 2.18 bits per heavy atom. The fourth-order valence-corrected chi connectivity index (χ4v) is 1.79. The second kappa shape index (κ2) is 7.10. The van der Waals surface area contributed by atoms with E-state index in [0.29, 0.717) is 5.02 Å². The zero-order chi connectivity index (χ0) is 11.4. The van der Waals surface area contributed by atoms with E-state index in [1.807, 2.05) is 12.1 Å². The Balaban J connectivity index is 0.00000144. The molecule has 0 aliphatic heterocycles. The first-order valence-electron chi connectivity index (χ1n) is 5.94. The molecule has 4 heteroatoms. The summed E-state index contributed by atoms with van der Waals surface area (Å²) in [4.78, 5) is 0. The van der Waals surface area contributed by atoms with Crippen molar-refractivity contribution in [1.29, 1.82) is 0 Å². The summed E-state index contributed by atoms with van der Waals surface area (Å²) in [6.45, 7) is 3.71. The summed E-state index contributed by atoms with van der Waals surface area (Å²) in [7, 11) is 0. The maximum absolute atomic E-state index is 6.14. The van der Waals surface area contributed by atoms with E-state index in [1.165, 1.54) is 18.4 Å². The molecular formula is C13H19Cl2NO. The largest absolute Gasteiger partial charge is 0.492 e. The van der Waals surface area contributed by atoms with Crippen molar-refractivity contribution in [3.05, 3.63) is 28.8 Å². The highest BCUT2D eigenvalue weighted by Crippen LogP contribution is 2.26. The van der Waals surface area contributed by atoms with Crippen LogP contribution in [0.3, 0.4) is 0 Å². The summed E-state index contributed by atoms with van der Waals surface area (Å²) in [6, 6.07) is 6.76. The smallest absolute Gasteiger partial charge is 0.137 e. The van der Waals surface area contributed by atoms with Gasteiger partial charge < -0.3 is 10.1 Å². The molecule has 1 saturated carbocycles. The third kappa shape index (κ3) is 4.74. The molecule has 1 fully saturated rings. The van der Waals surface area contributed by atoms with Gasteiger partial charge in [0.25, 0.3) is 0 Å². The molecule has 0 bridgehead atoms. The molecular weight excluding hydrogens is 257 g/mol. The molecule has 0 amide bonds. The molecule has 2 rings (SSSR count). The molecule has 0 atom stereocenters. The molecule has 1 aliphatic carbocycles. The van der Waals surface area contributed by atoms with E-state index in [-0.39, 0.29) is 12.4 Å². The van der Waals surface area contributed by atoms with Crippen molar-refractivity contribution in [3.8, 4) is 5.75 Å². The first kappa shape index (κ1) is 14.6. The number of ether oxygens (including phenoxy) is 1. The predicted octanol–water partition coefficient (Wildman–Crippen LogP) is 3.80. The number of hydrogen-bond donors (Lipinski definition) is 1. The average molecular weight is 276 g/mol. The third-order valence-electron chi connectivity index (χ3n) is 2.63. The van der Waals surface area contributed by atoms with E-state index in [0.717, 1.165) is 31.4 Å². The van der Waals surface area contributed by atoms with Gasteiger partial charge in [-0.3, -0.25) is 0 Å². The Morgan fingerprint density at radius 1 is 1.41 bits per heavy atom. The van der Waals surface area contributed by atoms with Gasteiger partial charge >= 0.3 is 0 Å². The molecule has 0 saturated heterocycles. The van der Waals surface area contributed by atoms with E-state index in [2.05, 4.69) is 18.3 Å². The Morgan fingerprint density at radius 3 is 2.76 bits per heavy atom. The Hall–Kier alpha value is -0.440. The molecule has 0 spiro atoms. The monoisotopic (exact) mass is 275 g/mol. The normalized spacial score (nSPS) is 14.2. The van der Waals surface area contributed by atoms with Gasteiger partial charge in [0.05, 0.1) is 11.6 Å². The third-order valence-corrected chi connectivity index (χ3v) is 2.93. The average Bonchev–Trinajstić information content (AvgIpc) is 3.09. The van der Waals surface area contributed by atoms with E-state index >= 15 is 0 Å². The van der Waals surface area contributed by atoms with Crippen molar-refractivity contribution in [2.75, 3.05) is 6.61 Å². The van der Waals surface area contributed by atoms with E-state index < -0.39 is 0 Å². The van der Waals surface area contributed by atoms with Crippen LogP contribution < -0.4 is 10.1 Å². The maximum Gasteiger partial charge on any atom is 0.137 e. The lowest BCUT2D eigenvalue weighted by Crippen LogP contribution is -2.15. The fraction of sp³-hybridized carbons (Fsp3) is 0.538. The molecule has 17 heavy (non-hydrogen) atoms. The van der Waals surface area contributed by atoms with Crippen molar-refractivity contribution in [2.24, 2.45) is 0 Å². The molecule has 1 aromatic rings. The van der Waals surface area contributed by atoms with Crippen LogP contribution in [0.1, 0.15) is 31.7 Å². The molecule has 0 aromatic heterocycles. The van der Waals surface area contributed by atoms with Gasteiger partial charge in [0.2, 0.25) is 0 Å². The van der Waals surface area contributed by atoms with E-state index in [1.54, 1.807) is 0 Å². The van der Waals surface area contributed by atoms with E-state index in [4.69, 9.17) is 16.3 Å². The second-order valence-corrected chi connectivity index (χ2v) is 4.68. The van der Waals surface area contributed by atoms with Crippen LogP contribution in [-0.4, -0.2) is 12.6 Å². The summed E-state index contributed by atoms with van der Waals surface area (Å²) in [5.74, 6) is 0.790. The number of rotatable bonds is 6. The van der Waals surface area contributed by atoms with Gasteiger partial charge in [-0.05, 0) is 37.0 Å². The summed E-state index contributed by atoms with van der Waals surface area (Å²) in [5.41, 5.74) is 1.22. The molecule has 2 nitrogen and oxygen atoms in total. The van der Waals surface area contributed by atoms with Gasteiger partial charge in [0.1, 0.15) is 5.75 Å². The highest BCUT2D eigenvalue weighted by molar-refractivity contribution is 6.32. The molecule has 1 aromatic carbocycles. The van der Waals surface area contributed by atoms with E-state index in [9.17, 15) is 0 Å². The minimum Gasteiger partial charge on any atom is -0.492 e. The first-order valence-corrected chi connectivity index (χ1v) is 6.32. The topological polar surface area (TPSA) is 21.3 Å². The zero-order valence-electron chi connectivity index (χ0n) is 10.0. The summed E-state index contributed by atoms with van der Waals surface area (Å²) >= 11 is 6.14. The zero-order valence-corrected chi connectivity index (χ0v) is 11.6. The van der Waals surface area contributed by atoms with Crippen molar-refractivity contribution in [3.63, 3.8) is 0 Å². The minimum absolute atomic E-state index is 0. The summed E-state index contributed by atoms with van der Waals surface area (Å²) in [6.07, 6.45) is 3.62. The second-order valence-electron chi connectivity index (χ2n) is 4.27. The first-order chi connectivity index (χ1) is 7.79. The Kier molecular flexibility index (Phi) is 6.10. The SMILES string of the molecule is CCCOc1ccc(CNC2CC2)cc1Cl.Cl. The lowest BCUT2D eigenvalue weighted by atomic mass is 10.2. The van der Waals surface area contributed by atoms with Crippen LogP contribution in [0.15, 0.2) is 18.2 Å². The molecule has 0 radical (unpaired) electrons. The fourth-order valence-electron chi connectivity index (χ4n) is 1.53. The van der Waals surface area contributed by atoms with Crippen LogP contribution in [0.25, 0.3) is 0 Å². The van der Waals surface area contributed by atoms with Crippen molar-refractivity contribution in [1.82, 2.24) is 5.32 Å². The predicted molar refractivity (Wildman–Crippen MR) is 74.3 cm³/mol. The Bertz CT molecular complexity index is 353. The van der Waals surface area contributed by atoms with Crippen molar-refractivity contribution < 1.29 is 4.74 Å². The lowest BCUT2D eigenvalue weighted by molar-refractivity contribution is 0.317. The van der Waals surface area contributed by atoms with Crippen LogP contribution in [0.5, 0.6) is 5.75 Å².